The van der Waals surface area contributed by atoms with Crippen LogP contribution in [-0.4, -0.2) is 18.5 Å². The Morgan fingerprint density at radius 3 is 2.81 bits per heavy atom. The molecule has 0 saturated carbocycles. The molecule has 1 aromatic rings. The number of hydrogen-bond acceptors (Lipinski definition) is 3. The lowest BCUT2D eigenvalue weighted by Gasteiger charge is -2.20. The molecule has 0 atom stereocenters. The van der Waals surface area contributed by atoms with Gasteiger partial charge in [0, 0.05) is 12.5 Å². The molecule has 0 amide bonds. The number of hydrogen-bond donors (Lipinski definition) is 0. The lowest BCUT2D eigenvalue weighted by molar-refractivity contribution is 0.0933. The second kappa shape index (κ2) is 4.16. The zero-order valence-corrected chi connectivity index (χ0v) is 9.87. The molecule has 0 N–H and O–H groups in total. The van der Waals surface area contributed by atoms with E-state index in [0.717, 1.165) is 11.3 Å². The van der Waals surface area contributed by atoms with E-state index in [2.05, 4.69) is 0 Å². The summed E-state index contributed by atoms with van der Waals surface area (Å²) >= 11 is 0. The summed E-state index contributed by atoms with van der Waals surface area (Å²) in [5.74, 6) is 1.60. The van der Waals surface area contributed by atoms with Gasteiger partial charge in [0.05, 0.1) is 18.3 Å². The summed E-state index contributed by atoms with van der Waals surface area (Å²) in [6.07, 6.45) is 0.590. The molecule has 1 aliphatic rings. The number of benzene rings is 1. The monoisotopic (exact) mass is 220 g/mol. The maximum atomic E-state index is 11.7. The van der Waals surface area contributed by atoms with Gasteiger partial charge in [-0.3, -0.25) is 4.79 Å². The molecule has 0 unspecified atom stereocenters. The molecule has 0 saturated heterocycles. The molecular formula is C13H16O3. The van der Waals surface area contributed by atoms with Gasteiger partial charge in [-0.1, -0.05) is 0 Å². The molecule has 0 spiro atoms. The minimum atomic E-state index is 0.121. The Kier molecular flexibility index (Phi) is 2.86. The van der Waals surface area contributed by atoms with Crippen LogP contribution in [0, 0.1) is 6.92 Å². The van der Waals surface area contributed by atoms with Gasteiger partial charge in [-0.25, -0.2) is 0 Å². The summed E-state index contributed by atoms with van der Waals surface area (Å²) < 4.78 is 11.1. The smallest absolute Gasteiger partial charge is 0.170 e. The van der Waals surface area contributed by atoms with Crippen LogP contribution in [0.2, 0.25) is 0 Å². The van der Waals surface area contributed by atoms with Crippen LogP contribution in [0.15, 0.2) is 12.1 Å². The summed E-state index contributed by atoms with van der Waals surface area (Å²) in [5, 5.41) is 0. The molecule has 0 radical (unpaired) electrons. The third-order valence-corrected chi connectivity index (χ3v) is 2.53. The molecule has 1 aliphatic heterocycles. The van der Waals surface area contributed by atoms with Crippen molar-refractivity contribution in [3.05, 3.63) is 23.3 Å². The average Bonchev–Trinajstić information content (AvgIpc) is 2.20. The highest BCUT2D eigenvalue weighted by atomic mass is 16.5. The highest BCUT2D eigenvalue weighted by Crippen LogP contribution is 2.32. The molecule has 0 aliphatic carbocycles. The molecule has 16 heavy (non-hydrogen) atoms. The van der Waals surface area contributed by atoms with Crippen molar-refractivity contribution in [2.24, 2.45) is 0 Å². The Balaban J connectivity index is 2.40. The van der Waals surface area contributed by atoms with Gasteiger partial charge in [-0.2, -0.15) is 0 Å². The summed E-state index contributed by atoms with van der Waals surface area (Å²) in [6, 6.07) is 3.68. The van der Waals surface area contributed by atoms with Crippen molar-refractivity contribution in [2.45, 2.75) is 33.3 Å². The van der Waals surface area contributed by atoms with Gasteiger partial charge in [0.25, 0.3) is 0 Å². The molecule has 1 heterocycles. The Morgan fingerprint density at radius 1 is 1.38 bits per heavy atom. The fourth-order valence-corrected chi connectivity index (χ4v) is 1.78. The van der Waals surface area contributed by atoms with Crippen LogP contribution in [0.4, 0.5) is 0 Å². The molecule has 86 valence electrons. The van der Waals surface area contributed by atoms with E-state index >= 15 is 0 Å². The zero-order valence-electron chi connectivity index (χ0n) is 9.87. The number of aryl methyl sites for hydroxylation is 1. The van der Waals surface area contributed by atoms with Gasteiger partial charge < -0.3 is 9.47 Å². The molecule has 1 aromatic carbocycles. The Hall–Kier alpha value is -1.51. The van der Waals surface area contributed by atoms with Gasteiger partial charge in [0.1, 0.15) is 11.5 Å². The standard InChI is InChI=1S/C13H16O3/c1-8(2)16-12-7-13-10(6-9(12)3)11(14)4-5-15-13/h6-8H,4-5H2,1-3H3. The Morgan fingerprint density at radius 2 is 2.12 bits per heavy atom. The first-order chi connectivity index (χ1) is 7.58. The van der Waals surface area contributed by atoms with Crippen molar-refractivity contribution < 1.29 is 14.3 Å². The molecule has 3 heteroatoms. The number of carbonyl (C=O) groups excluding carboxylic acids is 1. The Bertz CT molecular complexity index is 421. The van der Waals surface area contributed by atoms with E-state index in [9.17, 15) is 4.79 Å². The second-order valence-corrected chi connectivity index (χ2v) is 4.30. The third kappa shape index (κ3) is 2.03. The number of rotatable bonds is 2. The number of ketones is 1. The van der Waals surface area contributed by atoms with Crippen molar-refractivity contribution in [3.8, 4) is 11.5 Å². The van der Waals surface area contributed by atoms with E-state index in [4.69, 9.17) is 9.47 Å². The highest BCUT2D eigenvalue weighted by Gasteiger charge is 2.20. The quantitative estimate of drug-likeness (QED) is 0.768. The van der Waals surface area contributed by atoms with Crippen molar-refractivity contribution in [1.82, 2.24) is 0 Å². The molecule has 0 bridgehead atoms. The largest absolute Gasteiger partial charge is 0.492 e. The van der Waals surface area contributed by atoms with E-state index in [-0.39, 0.29) is 11.9 Å². The normalized spacial score (nSPS) is 14.6. The highest BCUT2D eigenvalue weighted by molar-refractivity contribution is 6.00. The molecule has 2 rings (SSSR count). The van der Waals surface area contributed by atoms with Crippen molar-refractivity contribution in [3.63, 3.8) is 0 Å². The van der Waals surface area contributed by atoms with Crippen LogP contribution in [-0.2, 0) is 0 Å². The van der Waals surface area contributed by atoms with E-state index in [1.165, 1.54) is 0 Å². The lowest BCUT2D eigenvalue weighted by Crippen LogP contribution is -2.16. The maximum absolute atomic E-state index is 11.7. The molecule has 0 aromatic heterocycles. The van der Waals surface area contributed by atoms with Crippen LogP contribution in [0.3, 0.4) is 0 Å². The topological polar surface area (TPSA) is 35.5 Å². The molecule has 0 fully saturated rings. The Labute approximate surface area is 95.4 Å². The van der Waals surface area contributed by atoms with Crippen LogP contribution in [0.25, 0.3) is 0 Å². The number of ether oxygens (including phenoxy) is 2. The third-order valence-electron chi connectivity index (χ3n) is 2.53. The number of carbonyl (C=O) groups is 1. The number of Topliss-reactive ketones (excluding diaryl/α,β-unsaturated/α-hetero) is 1. The van der Waals surface area contributed by atoms with E-state index < -0.39 is 0 Å². The van der Waals surface area contributed by atoms with Crippen molar-refractivity contribution in [1.29, 1.82) is 0 Å². The fourth-order valence-electron chi connectivity index (χ4n) is 1.78. The van der Waals surface area contributed by atoms with Gasteiger partial charge in [0.2, 0.25) is 0 Å². The minimum absolute atomic E-state index is 0.121. The zero-order chi connectivity index (χ0) is 11.7. The van der Waals surface area contributed by atoms with E-state index in [1.807, 2.05) is 32.9 Å². The second-order valence-electron chi connectivity index (χ2n) is 4.30. The van der Waals surface area contributed by atoms with Gasteiger partial charge in [-0.15, -0.1) is 0 Å². The summed E-state index contributed by atoms with van der Waals surface area (Å²) in [5.41, 5.74) is 1.66. The molecule has 3 nitrogen and oxygen atoms in total. The minimum Gasteiger partial charge on any atom is -0.492 e. The van der Waals surface area contributed by atoms with Crippen LogP contribution in [0.5, 0.6) is 11.5 Å². The van der Waals surface area contributed by atoms with Crippen LogP contribution >= 0.6 is 0 Å². The lowest BCUT2D eigenvalue weighted by atomic mass is 10.0. The van der Waals surface area contributed by atoms with Crippen molar-refractivity contribution >= 4 is 5.78 Å². The number of fused-ring (bicyclic) bond motifs is 1. The van der Waals surface area contributed by atoms with Gasteiger partial charge >= 0.3 is 0 Å². The summed E-state index contributed by atoms with van der Waals surface area (Å²) in [4.78, 5) is 11.7. The first-order valence-corrected chi connectivity index (χ1v) is 5.55. The maximum Gasteiger partial charge on any atom is 0.170 e. The summed E-state index contributed by atoms with van der Waals surface area (Å²) in [6.45, 7) is 6.37. The predicted octanol–water partition coefficient (Wildman–Crippen LogP) is 2.75. The SMILES string of the molecule is Cc1cc2c(cc1OC(C)C)OCCC2=O. The van der Waals surface area contributed by atoms with Crippen molar-refractivity contribution in [2.75, 3.05) is 6.61 Å². The van der Waals surface area contributed by atoms with Gasteiger partial charge in [0.15, 0.2) is 5.78 Å². The van der Waals surface area contributed by atoms with E-state index in [1.54, 1.807) is 0 Å². The van der Waals surface area contributed by atoms with Crippen LogP contribution in [0.1, 0.15) is 36.2 Å². The average molecular weight is 220 g/mol. The van der Waals surface area contributed by atoms with Gasteiger partial charge in [-0.05, 0) is 32.4 Å². The first-order valence-electron chi connectivity index (χ1n) is 5.55. The predicted molar refractivity (Wildman–Crippen MR) is 61.4 cm³/mol. The van der Waals surface area contributed by atoms with E-state index in [0.29, 0.717) is 24.3 Å². The first kappa shape index (κ1) is 11.0. The molecular weight excluding hydrogens is 204 g/mol. The van der Waals surface area contributed by atoms with Crippen LogP contribution < -0.4 is 9.47 Å². The fraction of sp³-hybridized carbons (Fsp3) is 0.462. The summed E-state index contributed by atoms with van der Waals surface area (Å²) in [7, 11) is 0.